The summed E-state index contributed by atoms with van der Waals surface area (Å²) in [5.74, 6) is 0.550. The highest BCUT2D eigenvalue weighted by Gasteiger charge is 2.04. The number of likely N-dealkylation sites (N-methyl/N-ethyl adjacent to an activating group) is 1. The molecular formula is C10H14N4O. The molecule has 0 radical (unpaired) electrons. The molecule has 0 aliphatic carbocycles. The summed E-state index contributed by atoms with van der Waals surface area (Å²) in [5.41, 5.74) is 0.378. The van der Waals surface area contributed by atoms with Crippen LogP contribution in [0.4, 0.5) is 5.95 Å². The second-order valence-corrected chi connectivity index (χ2v) is 2.97. The van der Waals surface area contributed by atoms with Crippen LogP contribution in [0.25, 0.3) is 0 Å². The Labute approximate surface area is 89.3 Å². The van der Waals surface area contributed by atoms with Crippen LogP contribution < -0.4 is 4.90 Å². The van der Waals surface area contributed by atoms with Crippen molar-refractivity contribution >= 4 is 5.95 Å². The number of rotatable bonds is 5. The van der Waals surface area contributed by atoms with Gasteiger partial charge in [0, 0.05) is 26.4 Å². The molecule has 0 fully saturated rings. The van der Waals surface area contributed by atoms with Gasteiger partial charge in [0.1, 0.15) is 11.8 Å². The van der Waals surface area contributed by atoms with Gasteiger partial charge in [-0.2, -0.15) is 5.26 Å². The molecule has 15 heavy (non-hydrogen) atoms. The molecule has 5 heteroatoms. The lowest BCUT2D eigenvalue weighted by Gasteiger charge is -2.16. The summed E-state index contributed by atoms with van der Waals surface area (Å²) in [6.07, 6.45) is 1.58. The number of aromatic nitrogens is 2. The molecule has 1 aromatic rings. The minimum atomic E-state index is 0.378. The van der Waals surface area contributed by atoms with Crippen molar-refractivity contribution in [3.63, 3.8) is 0 Å². The maximum atomic E-state index is 8.67. The van der Waals surface area contributed by atoms with Crippen molar-refractivity contribution in [2.75, 3.05) is 31.7 Å². The SMILES string of the molecule is CCOCCN(C)c1nccc(C#N)n1. The molecule has 1 aromatic heterocycles. The van der Waals surface area contributed by atoms with E-state index in [2.05, 4.69) is 9.97 Å². The molecule has 0 spiro atoms. The van der Waals surface area contributed by atoms with Crippen molar-refractivity contribution in [3.8, 4) is 6.07 Å². The minimum absolute atomic E-state index is 0.378. The van der Waals surface area contributed by atoms with Crippen LogP contribution in [0.2, 0.25) is 0 Å². The van der Waals surface area contributed by atoms with Crippen molar-refractivity contribution < 1.29 is 4.74 Å². The van der Waals surface area contributed by atoms with Gasteiger partial charge in [0.2, 0.25) is 5.95 Å². The van der Waals surface area contributed by atoms with Crippen molar-refractivity contribution in [1.29, 1.82) is 5.26 Å². The Morgan fingerprint density at radius 3 is 3.07 bits per heavy atom. The zero-order valence-corrected chi connectivity index (χ0v) is 8.97. The maximum Gasteiger partial charge on any atom is 0.226 e. The average Bonchev–Trinajstić information content (AvgIpc) is 2.29. The van der Waals surface area contributed by atoms with E-state index in [1.807, 2.05) is 24.9 Å². The van der Waals surface area contributed by atoms with Gasteiger partial charge < -0.3 is 9.64 Å². The van der Waals surface area contributed by atoms with Crippen LogP contribution in [0.3, 0.4) is 0 Å². The molecule has 0 aliphatic rings. The van der Waals surface area contributed by atoms with E-state index in [1.54, 1.807) is 12.3 Å². The monoisotopic (exact) mass is 206 g/mol. The minimum Gasteiger partial charge on any atom is -0.380 e. The molecule has 1 heterocycles. The first-order valence-corrected chi connectivity index (χ1v) is 4.80. The highest BCUT2D eigenvalue weighted by atomic mass is 16.5. The number of anilines is 1. The Bertz CT molecular complexity index is 348. The molecule has 1 rings (SSSR count). The zero-order valence-electron chi connectivity index (χ0n) is 8.97. The first-order valence-electron chi connectivity index (χ1n) is 4.80. The molecule has 0 aromatic carbocycles. The lowest BCUT2D eigenvalue weighted by molar-refractivity contribution is 0.154. The van der Waals surface area contributed by atoms with Crippen molar-refractivity contribution in [2.45, 2.75) is 6.92 Å². The largest absolute Gasteiger partial charge is 0.380 e. The Morgan fingerprint density at radius 1 is 1.60 bits per heavy atom. The average molecular weight is 206 g/mol. The number of nitrogens with zero attached hydrogens (tertiary/aromatic N) is 4. The topological polar surface area (TPSA) is 62.0 Å². The van der Waals surface area contributed by atoms with Crippen LogP contribution in [0.1, 0.15) is 12.6 Å². The quantitative estimate of drug-likeness (QED) is 0.667. The molecule has 0 unspecified atom stereocenters. The molecule has 0 saturated carbocycles. The number of hydrogen-bond acceptors (Lipinski definition) is 5. The van der Waals surface area contributed by atoms with E-state index in [1.165, 1.54) is 0 Å². The van der Waals surface area contributed by atoms with Gasteiger partial charge in [0.25, 0.3) is 0 Å². The summed E-state index contributed by atoms with van der Waals surface area (Å²) in [6.45, 7) is 4.00. The third-order valence-corrected chi connectivity index (χ3v) is 1.87. The Kier molecular flexibility index (Phi) is 4.51. The van der Waals surface area contributed by atoms with Gasteiger partial charge in [-0.3, -0.25) is 0 Å². The molecule has 0 amide bonds. The molecular weight excluding hydrogens is 192 g/mol. The molecule has 80 valence electrons. The van der Waals surface area contributed by atoms with Crippen LogP contribution in [0, 0.1) is 11.3 Å². The Balaban J connectivity index is 2.57. The first kappa shape index (κ1) is 11.4. The third-order valence-electron chi connectivity index (χ3n) is 1.87. The molecule has 0 N–H and O–H groups in total. The fraction of sp³-hybridized carbons (Fsp3) is 0.500. The van der Waals surface area contributed by atoms with Crippen LogP contribution in [0.15, 0.2) is 12.3 Å². The smallest absolute Gasteiger partial charge is 0.226 e. The molecule has 0 saturated heterocycles. The highest BCUT2D eigenvalue weighted by molar-refractivity contribution is 5.32. The van der Waals surface area contributed by atoms with Gasteiger partial charge in [-0.15, -0.1) is 0 Å². The van der Waals surface area contributed by atoms with Gasteiger partial charge in [-0.25, -0.2) is 9.97 Å². The van der Waals surface area contributed by atoms with Gasteiger partial charge in [-0.05, 0) is 13.0 Å². The van der Waals surface area contributed by atoms with E-state index in [9.17, 15) is 0 Å². The zero-order chi connectivity index (χ0) is 11.1. The third kappa shape index (κ3) is 3.52. The summed E-state index contributed by atoms with van der Waals surface area (Å²) < 4.78 is 5.22. The summed E-state index contributed by atoms with van der Waals surface area (Å²) in [6, 6.07) is 3.56. The van der Waals surface area contributed by atoms with E-state index in [4.69, 9.17) is 10.00 Å². The number of nitriles is 1. The van der Waals surface area contributed by atoms with Crippen LogP contribution in [0.5, 0.6) is 0 Å². The van der Waals surface area contributed by atoms with Gasteiger partial charge in [0.15, 0.2) is 0 Å². The number of hydrogen-bond donors (Lipinski definition) is 0. The Hall–Kier alpha value is -1.67. The van der Waals surface area contributed by atoms with E-state index in [0.717, 1.165) is 0 Å². The van der Waals surface area contributed by atoms with E-state index in [0.29, 0.717) is 31.4 Å². The summed E-state index contributed by atoms with van der Waals surface area (Å²) >= 11 is 0. The predicted octanol–water partition coefficient (Wildman–Crippen LogP) is 0.821. The van der Waals surface area contributed by atoms with Gasteiger partial charge in [-0.1, -0.05) is 0 Å². The highest BCUT2D eigenvalue weighted by Crippen LogP contribution is 2.04. The lowest BCUT2D eigenvalue weighted by Crippen LogP contribution is -2.24. The van der Waals surface area contributed by atoms with E-state index >= 15 is 0 Å². The summed E-state index contributed by atoms with van der Waals surface area (Å²) in [4.78, 5) is 10.00. The van der Waals surface area contributed by atoms with Crippen LogP contribution >= 0.6 is 0 Å². The number of ether oxygens (including phenoxy) is 1. The van der Waals surface area contributed by atoms with E-state index in [-0.39, 0.29) is 0 Å². The van der Waals surface area contributed by atoms with Crippen LogP contribution in [-0.4, -0.2) is 36.8 Å². The molecule has 5 nitrogen and oxygen atoms in total. The lowest BCUT2D eigenvalue weighted by atomic mass is 10.4. The van der Waals surface area contributed by atoms with Crippen molar-refractivity contribution in [3.05, 3.63) is 18.0 Å². The normalized spacial score (nSPS) is 9.67. The van der Waals surface area contributed by atoms with Crippen LogP contribution in [-0.2, 0) is 4.74 Å². The summed E-state index contributed by atoms with van der Waals surface area (Å²) in [5, 5.41) is 8.67. The maximum absolute atomic E-state index is 8.67. The first-order chi connectivity index (χ1) is 7.27. The Morgan fingerprint density at radius 2 is 2.40 bits per heavy atom. The fourth-order valence-electron chi connectivity index (χ4n) is 1.04. The predicted molar refractivity (Wildman–Crippen MR) is 56.5 cm³/mol. The summed E-state index contributed by atoms with van der Waals surface area (Å²) in [7, 11) is 1.87. The molecule has 0 atom stereocenters. The second-order valence-electron chi connectivity index (χ2n) is 2.97. The fourth-order valence-corrected chi connectivity index (χ4v) is 1.04. The van der Waals surface area contributed by atoms with Gasteiger partial charge >= 0.3 is 0 Å². The second kappa shape index (κ2) is 5.94. The molecule has 0 aliphatic heterocycles. The van der Waals surface area contributed by atoms with Crippen molar-refractivity contribution in [1.82, 2.24) is 9.97 Å². The standard InChI is InChI=1S/C10H14N4O/c1-3-15-7-6-14(2)10-12-5-4-9(8-11)13-10/h4-5H,3,6-7H2,1-2H3. The van der Waals surface area contributed by atoms with Gasteiger partial charge in [0.05, 0.1) is 6.61 Å². The van der Waals surface area contributed by atoms with E-state index < -0.39 is 0 Å². The molecule has 0 bridgehead atoms. The van der Waals surface area contributed by atoms with Crippen molar-refractivity contribution in [2.24, 2.45) is 0 Å².